The summed E-state index contributed by atoms with van der Waals surface area (Å²) < 4.78 is 25.3. The zero-order valence-corrected chi connectivity index (χ0v) is 14.1. The van der Waals surface area contributed by atoms with Gasteiger partial charge >= 0.3 is 0 Å². The van der Waals surface area contributed by atoms with Gasteiger partial charge in [-0.25, -0.2) is 8.42 Å². The number of anilines is 2. The minimum atomic E-state index is -3.27. The Morgan fingerprint density at radius 3 is 2.45 bits per heavy atom. The fourth-order valence-corrected chi connectivity index (χ4v) is 2.88. The number of nitrogens with one attached hydrogen (secondary N) is 3. The van der Waals surface area contributed by atoms with Gasteiger partial charge in [-0.05, 0) is 50.6 Å². The summed E-state index contributed by atoms with van der Waals surface area (Å²) in [7, 11) is -3.27. The van der Waals surface area contributed by atoms with Crippen LogP contribution in [0.2, 0.25) is 0 Å². The van der Waals surface area contributed by atoms with E-state index < -0.39 is 10.0 Å². The quantitative estimate of drug-likeness (QED) is 0.734. The first-order chi connectivity index (χ1) is 9.98. The highest BCUT2D eigenvalue weighted by Gasteiger charge is 2.17. The number of hydrogen-bond acceptors (Lipinski definition) is 4. The number of hydrogen-bond donors (Lipinski definition) is 3. The molecule has 1 aliphatic rings. The Morgan fingerprint density at radius 1 is 1.27 bits per heavy atom. The van der Waals surface area contributed by atoms with Crippen molar-refractivity contribution in [2.24, 2.45) is 0 Å². The smallest absolute Gasteiger partial charge is 0.232 e. The van der Waals surface area contributed by atoms with Crippen molar-refractivity contribution >= 4 is 39.7 Å². The Hall–Kier alpha value is -1.31. The third-order valence-electron chi connectivity index (χ3n) is 3.42. The van der Waals surface area contributed by atoms with E-state index in [1.54, 1.807) is 31.2 Å². The number of halogens is 1. The molecule has 2 rings (SSSR count). The Balaban J connectivity index is 0.00000242. The maximum Gasteiger partial charge on any atom is 0.232 e. The molecule has 0 aliphatic carbocycles. The minimum absolute atomic E-state index is 0. The Bertz CT molecular complexity index is 584. The summed E-state index contributed by atoms with van der Waals surface area (Å²) in [5, 5.41) is 6.09. The molecule has 0 aromatic heterocycles. The number of carbonyl (C=O) groups is 1. The first-order valence-electron chi connectivity index (χ1n) is 7.12. The maximum absolute atomic E-state index is 11.9. The number of rotatable bonds is 6. The summed E-state index contributed by atoms with van der Waals surface area (Å²) in [5.41, 5.74) is 1.16. The zero-order valence-electron chi connectivity index (χ0n) is 12.5. The molecule has 1 heterocycles. The van der Waals surface area contributed by atoms with E-state index in [1.165, 1.54) is 0 Å². The summed E-state index contributed by atoms with van der Waals surface area (Å²) in [6.45, 7) is 2.55. The van der Waals surface area contributed by atoms with E-state index in [9.17, 15) is 13.2 Å². The molecule has 1 fully saturated rings. The highest BCUT2D eigenvalue weighted by molar-refractivity contribution is 7.92. The highest BCUT2D eigenvalue weighted by atomic mass is 35.5. The lowest BCUT2D eigenvalue weighted by atomic mass is 10.1. The van der Waals surface area contributed by atoms with Crippen molar-refractivity contribution in [3.05, 3.63) is 24.3 Å². The van der Waals surface area contributed by atoms with E-state index in [4.69, 9.17) is 0 Å². The molecule has 3 N–H and O–H groups in total. The van der Waals surface area contributed by atoms with E-state index in [0.717, 1.165) is 19.4 Å². The predicted molar refractivity (Wildman–Crippen MR) is 91.0 cm³/mol. The van der Waals surface area contributed by atoms with Gasteiger partial charge in [-0.2, -0.15) is 0 Å². The molecule has 1 atom stereocenters. The fraction of sp³-hybridized carbons (Fsp3) is 0.500. The lowest BCUT2D eigenvalue weighted by Crippen LogP contribution is -2.27. The monoisotopic (exact) mass is 347 g/mol. The van der Waals surface area contributed by atoms with Gasteiger partial charge in [0.1, 0.15) is 0 Å². The van der Waals surface area contributed by atoms with Crippen LogP contribution in [0.15, 0.2) is 24.3 Å². The third kappa shape index (κ3) is 5.82. The average Bonchev–Trinajstić information content (AvgIpc) is 2.93. The second-order valence-corrected chi connectivity index (χ2v) is 7.14. The van der Waals surface area contributed by atoms with Crippen LogP contribution < -0.4 is 15.4 Å². The van der Waals surface area contributed by atoms with Crippen LogP contribution in [0.25, 0.3) is 0 Å². The van der Waals surface area contributed by atoms with Crippen LogP contribution >= 0.6 is 12.4 Å². The molecule has 1 aromatic rings. The first-order valence-corrected chi connectivity index (χ1v) is 8.77. The molecule has 22 heavy (non-hydrogen) atoms. The van der Waals surface area contributed by atoms with Crippen molar-refractivity contribution in [3.8, 4) is 0 Å². The maximum atomic E-state index is 11.9. The Labute approximate surface area is 137 Å². The largest absolute Gasteiger partial charge is 0.326 e. The standard InChI is InChI=1S/C14H21N3O3S.ClH/c1-2-21(19,20)17-12-7-5-11(6-8-12)16-14(18)10-13-4-3-9-15-13;/h5-8,13,15,17H,2-4,9-10H2,1H3,(H,16,18);1H. The molecule has 6 nitrogen and oxygen atoms in total. The number of sulfonamides is 1. The normalized spacial score (nSPS) is 17.6. The van der Waals surface area contributed by atoms with Gasteiger partial charge in [0.05, 0.1) is 5.75 Å². The summed E-state index contributed by atoms with van der Waals surface area (Å²) in [6.07, 6.45) is 2.61. The lowest BCUT2D eigenvalue weighted by Gasteiger charge is -2.11. The molecule has 1 amide bonds. The number of carbonyl (C=O) groups excluding carboxylic acids is 1. The van der Waals surface area contributed by atoms with Gasteiger partial charge in [0, 0.05) is 23.8 Å². The molecule has 8 heteroatoms. The van der Waals surface area contributed by atoms with Crippen molar-refractivity contribution in [2.75, 3.05) is 22.3 Å². The SMILES string of the molecule is CCS(=O)(=O)Nc1ccc(NC(=O)CC2CCCN2)cc1.Cl. The topological polar surface area (TPSA) is 87.3 Å². The minimum Gasteiger partial charge on any atom is -0.326 e. The van der Waals surface area contributed by atoms with Crippen molar-refractivity contribution in [1.82, 2.24) is 5.32 Å². The van der Waals surface area contributed by atoms with E-state index >= 15 is 0 Å². The second kappa shape index (κ2) is 8.36. The van der Waals surface area contributed by atoms with Crippen molar-refractivity contribution in [1.29, 1.82) is 0 Å². The van der Waals surface area contributed by atoms with Gasteiger partial charge in [0.2, 0.25) is 15.9 Å². The molecule has 124 valence electrons. The van der Waals surface area contributed by atoms with Gasteiger partial charge < -0.3 is 10.6 Å². The molecule has 1 unspecified atom stereocenters. The molecule has 0 bridgehead atoms. The summed E-state index contributed by atoms with van der Waals surface area (Å²) in [4.78, 5) is 11.9. The summed E-state index contributed by atoms with van der Waals surface area (Å²) >= 11 is 0. The van der Waals surface area contributed by atoms with Gasteiger partial charge in [-0.1, -0.05) is 0 Å². The molecule has 1 aromatic carbocycles. The van der Waals surface area contributed by atoms with Gasteiger partial charge in [-0.15, -0.1) is 12.4 Å². The molecule has 0 saturated carbocycles. The molecule has 0 spiro atoms. The lowest BCUT2D eigenvalue weighted by molar-refractivity contribution is -0.116. The molecule has 0 radical (unpaired) electrons. The Morgan fingerprint density at radius 2 is 1.91 bits per heavy atom. The van der Waals surface area contributed by atoms with Crippen LogP contribution in [0.4, 0.5) is 11.4 Å². The van der Waals surface area contributed by atoms with Crippen LogP contribution in [0, 0.1) is 0 Å². The van der Waals surface area contributed by atoms with Gasteiger partial charge in [0.25, 0.3) is 0 Å². The van der Waals surface area contributed by atoms with Crippen LogP contribution in [-0.2, 0) is 14.8 Å². The molecule has 1 saturated heterocycles. The first kappa shape index (κ1) is 18.7. The molecule has 1 aliphatic heterocycles. The predicted octanol–water partition coefficient (Wildman–Crippen LogP) is 1.95. The van der Waals surface area contributed by atoms with Gasteiger partial charge in [-0.3, -0.25) is 9.52 Å². The van der Waals surface area contributed by atoms with Crippen LogP contribution in [0.3, 0.4) is 0 Å². The van der Waals surface area contributed by atoms with Crippen molar-refractivity contribution in [3.63, 3.8) is 0 Å². The van der Waals surface area contributed by atoms with Crippen molar-refractivity contribution in [2.45, 2.75) is 32.2 Å². The number of amides is 1. The Kier molecular flexibility index (Phi) is 7.12. The van der Waals surface area contributed by atoms with Crippen LogP contribution in [0.1, 0.15) is 26.2 Å². The fourth-order valence-electron chi connectivity index (χ4n) is 2.24. The van der Waals surface area contributed by atoms with E-state index in [2.05, 4.69) is 15.4 Å². The second-order valence-electron chi connectivity index (χ2n) is 5.13. The van der Waals surface area contributed by atoms with Crippen LogP contribution in [0.5, 0.6) is 0 Å². The average molecular weight is 348 g/mol. The zero-order chi connectivity index (χ0) is 15.3. The van der Waals surface area contributed by atoms with Crippen molar-refractivity contribution < 1.29 is 13.2 Å². The van der Waals surface area contributed by atoms with E-state index in [0.29, 0.717) is 17.8 Å². The van der Waals surface area contributed by atoms with E-state index in [1.807, 2.05) is 0 Å². The molecular weight excluding hydrogens is 326 g/mol. The third-order valence-corrected chi connectivity index (χ3v) is 4.72. The van der Waals surface area contributed by atoms with E-state index in [-0.39, 0.29) is 30.1 Å². The summed E-state index contributed by atoms with van der Waals surface area (Å²) in [5.74, 6) is -0.00356. The summed E-state index contributed by atoms with van der Waals surface area (Å²) in [6, 6.07) is 6.91. The number of benzene rings is 1. The van der Waals surface area contributed by atoms with Crippen LogP contribution in [-0.4, -0.2) is 32.7 Å². The van der Waals surface area contributed by atoms with Gasteiger partial charge in [0.15, 0.2) is 0 Å². The molecular formula is C14H22ClN3O3S. The highest BCUT2D eigenvalue weighted by Crippen LogP contribution is 2.16.